The predicted molar refractivity (Wildman–Crippen MR) is 116 cm³/mol. The molecule has 1 N–H and O–H groups in total. The number of halogens is 1. The standard InChI is InChI=1S/C25H31FN2O2/c1-3-23(25(30)27-22-9-4-5-10-22)28(17-20-8-6-7-18(2)15-20)24(29)16-19-11-13-21(26)14-12-19/h6-8,11-15,22-23H,3-5,9-10,16-17H2,1-2H3,(H,27,30)/t23-/m0/s1. The van der Waals surface area contributed by atoms with Crippen molar-refractivity contribution >= 4 is 11.8 Å². The Bertz CT molecular complexity index is 860. The second-order valence-electron chi connectivity index (χ2n) is 8.23. The smallest absolute Gasteiger partial charge is 0.243 e. The molecule has 160 valence electrons. The molecule has 0 saturated heterocycles. The summed E-state index contributed by atoms with van der Waals surface area (Å²) in [6.07, 6.45) is 4.96. The van der Waals surface area contributed by atoms with Crippen molar-refractivity contribution < 1.29 is 14.0 Å². The number of amides is 2. The summed E-state index contributed by atoms with van der Waals surface area (Å²) in [4.78, 5) is 28.0. The van der Waals surface area contributed by atoms with Gasteiger partial charge in [0.1, 0.15) is 11.9 Å². The molecule has 0 unspecified atom stereocenters. The van der Waals surface area contributed by atoms with Crippen molar-refractivity contribution in [3.63, 3.8) is 0 Å². The first-order chi connectivity index (χ1) is 14.5. The van der Waals surface area contributed by atoms with Gasteiger partial charge >= 0.3 is 0 Å². The van der Waals surface area contributed by atoms with Crippen molar-refractivity contribution in [1.29, 1.82) is 0 Å². The fourth-order valence-corrected chi connectivity index (χ4v) is 4.17. The van der Waals surface area contributed by atoms with Crippen LogP contribution in [-0.2, 0) is 22.6 Å². The van der Waals surface area contributed by atoms with Crippen LogP contribution in [0.1, 0.15) is 55.7 Å². The van der Waals surface area contributed by atoms with Crippen molar-refractivity contribution in [3.05, 3.63) is 71.0 Å². The first-order valence-electron chi connectivity index (χ1n) is 10.9. The fourth-order valence-electron chi connectivity index (χ4n) is 4.17. The lowest BCUT2D eigenvalue weighted by atomic mass is 10.1. The van der Waals surface area contributed by atoms with Crippen molar-refractivity contribution in [2.75, 3.05) is 0 Å². The highest BCUT2D eigenvalue weighted by atomic mass is 19.1. The summed E-state index contributed by atoms with van der Waals surface area (Å²) >= 11 is 0. The molecule has 1 atom stereocenters. The van der Waals surface area contributed by atoms with E-state index in [0.717, 1.165) is 42.4 Å². The first-order valence-corrected chi connectivity index (χ1v) is 10.9. The molecule has 0 radical (unpaired) electrons. The van der Waals surface area contributed by atoms with E-state index in [2.05, 4.69) is 5.32 Å². The third kappa shape index (κ3) is 5.91. The van der Waals surface area contributed by atoms with E-state index in [4.69, 9.17) is 0 Å². The monoisotopic (exact) mass is 410 g/mol. The molecule has 0 bridgehead atoms. The lowest BCUT2D eigenvalue weighted by Gasteiger charge is -2.31. The molecule has 0 aliphatic heterocycles. The number of aryl methyl sites for hydroxylation is 1. The maximum Gasteiger partial charge on any atom is 0.243 e. The summed E-state index contributed by atoms with van der Waals surface area (Å²) in [7, 11) is 0. The molecule has 0 aromatic heterocycles. The van der Waals surface area contributed by atoms with Crippen LogP contribution in [-0.4, -0.2) is 28.8 Å². The van der Waals surface area contributed by atoms with Crippen molar-refractivity contribution in [1.82, 2.24) is 10.2 Å². The molecule has 4 nitrogen and oxygen atoms in total. The van der Waals surface area contributed by atoms with Gasteiger partial charge in [-0.3, -0.25) is 9.59 Å². The van der Waals surface area contributed by atoms with Crippen LogP contribution in [0.15, 0.2) is 48.5 Å². The second kappa shape index (κ2) is 10.4. The highest BCUT2D eigenvalue weighted by molar-refractivity contribution is 5.88. The molecule has 0 spiro atoms. The van der Waals surface area contributed by atoms with Crippen LogP contribution < -0.4 is 5.32 Å². The minimum atomic E-state index is -0.529. The Balaban J connectivity index is 1.81. The average Bonchev–Trinajstić information content (AvgIpc) is 3.22. The van der Waals surface area contributed by atoms with Crippen molar-refractivity contribution in [2.45, 2.75) is 71.0 Å². The van der Waals surface area contributed by atoms with Crippen LogP contribution in [0.3, 0.4) is 0 Å². The van der Waals surface area contributed by atoms with E-state index in [0.29, 0.717) is 13.0 Å². The third-order valence-corrected chi connectivity index (χ3v) is 5.79. The summed E-state index contributed by atoms with van der Waals surface area (Å²) in [5.74, 6) is -0.536. The van der Waals surface area contributed by atoms with Crippen molar-refractivity contribution in [3.8, 4) is 0 Å². The van der Waals surface area contributed by atoms with Gasteiger partial charge in [0.05, 0.1) is 6.42 Å². The molecular weight excluding hydrogens is 379 g/mol. The molecule has 3 rings (SSSR count). The molecule has 1 aliphatic rings. The summed E-state index contributed by atoms with van der Waals surface area (Å²) < 4.78 is 13.2. The molecule has 1 aliphatic carbocycles. The van der Waals surface area contributed by atoms with Crippen LogP contribution in [0.25, 0.3) is 0 Å². The topological polar surface area (TPSA) is 49.4 Å². The maximum absolute atomic E-state index is 13.3. The minimum absolute atomic E-state index is 0.0792. The number of benzene rings is 2. The second-order valence-corrected chi connectivity index (χ2v) is 8.23. The Morgan fingerprint density at radius 1 is 1.10 bits per heavy atom. The van der Waals surface area contributed by atoms with Crippen molar-refractivity contribution in [2.24, 2.45) is 0 Å². The Morgan fingerprint density at radius 3 is 2.43 bits per heavy atom. The Labute approximate surface area is 178 Å². The van der Waals surface area contributed by atoms with Gasteiger partial charge in [0, 0.05) is 12.6 Å². The van der Waals surface area contributed by atoms with E-state index in [1.54, 1.807) is 17.0 Å². The highest BCUT2D eigenvalue weighted by Crippen LogP contribution is 2.20. The SMILES string of the molecule is CC[C@@H](C(=O)NC1CCCC1)N(Cc1cccc(C)c1)C(=O)Cc1ccc(F)cc1. The molecule has 2 amide bonds. The van der Waals surface area contributed by atoms with Gasteiger partial charge in [-0.15, -0.1) is 0 Å². The number of carbonyl (C=O) groups excluding carboxylic acids is 2. The zero-order valence-electron chi connectivity index (χ0n) is 17.9. The fraction of sp³-hybridized carbons (Fsp3) is 0.440. The lowest BCUT2D eigenvalue weighted by Crippen LogP contribution is -2.51. The lowest BCUT2D eigenvalue weighted by molar-refractivity contribution is -0.141. The molecule has 5 heteroatoms. The molecule has 1 saturated carbocycles. The summed E-state index contributed by atoms with van der Waals surface area (Å²) in [5.41, 5.74) is 2.85. The first kappa shape index (κ1) is 22.0. The van der Waals surface area contributed by atoms with Crippen LogP contribution >= 0.6 is 0 Å². The zero-order chi connectivity index (χ0) is 21.5. The van der Waals surface area contributed by atoms with Gasteiger partial charge in [-0.05, 0) is 49.4 Å². The number of carbonyl (C=O) groups is 2. The van der Waals surface area contributed by atoms with Gasteiger partial charge in [-0.25, -0.2) is 4.39 Å². The molecule has 30 heavy (non-hydrogen) atoms. The quantitative estimate of drug-likeness (QED) is 0.694. The molecule has 1 fully saturated rings. The largest absolute Gasteiger partial charge is 0.352 e. The number of nitrogens with one attached hydrogen (secondary N) is 1. The van der Waals surface area contributed by atoms with Gasteiger partial charge in [0.25, 0.3) is 0 Å². The van der Waals surface area contributed by atoms with Crippen LogP contribution in [0.2, 0.25) is 0 Å². The number of rotatable bonds is 8. The normalized spacial score (nSPS) is 15.0. The molecular formula is C25H31FN2O2. The van der Waals surface area contributed by atoms with E-state index >= 15 is 0 Å². The molecule has 0 heterocycles. The highest BCUT2D eigenvalue weighted by Gasteiger charge is 2.30. The van der Waals surface area contributed by atoms with Gasteiger partial charge in [0.15, 0.2) is 0 Å². The third-order valence-electron chi connectivity index (χ3n) is 5.79. The van der Waals surface area contributed by atoms with Gasteiger partial charge in [-0.1, -0.05) is 61.7 Å². The van der Waals surface area contributed by atoms with E-state index < -0.39 is 6.04 Å². The van der Waals surface area contributed by atoms with E-state index in [1.165, 1.54) is 12.1 Å². The van der Waals surface area contributed by atoms with E-state index in [-0.39, 0.29) is 30.1 Å². The van der Waals surface area contributed by atoms with E-state index in [9.17, 15) is 14.0 Å². The van der Waals surface area contributed by atoms with Crippen LogP contribution in [0, 0.1) is 12.7 Å². The Morgan fingerprint density at radius 2 is 1.80 bits per heavy atom. The number of hydrogen-bond donors (Lipinski definition) is 1. The van der Waals surface area contributed by atoms with Crippen LogP contribution in [0.4, 0.5) is 4.39 Å². The summed E-state index contributed by atoms with van der Waals surface area (Å²) in [6.45, 7) is 4.32. The minimum Gasteiger partial charge on any atom is -0.352 e. The molecule has 2 aromatic rings. The zero-order valence-corrected chi connectivity index (χ0v) is 17.9. The molecule has 2 aromatic carbocycles. The Hall–Kier alpha value is -2.69. The summed E-state index contributed by atoms with van der Waals surface area (Å²) in [6, 6.07) is 13.6. The maximum atomic E-state index is 13.3. The van der Waals surface area contributed by atoms with Crippen LogP contribution in [0.5, 0.6) is 0 Å². The average molecular weight is 411 g/mol. The van der Waals surface area contributed by atoms with E-state index in [1.807, 2.05) is 38.1 Å². The van der Waals surface area contributed by atoms with Gasteiger partial charge in [0.2, 0.25) is 11.8 Å². The Kier molecular flexibility index (Phi) is 7.61. The van der Waals surface area contributed by atoms with Gasteiger partial charge in [-0.2, -0.15) is 0 Å². The predicted octanol–water partition coefficient (Wildman–Crippen LogP) is 4.54. The number of hydrogen-bond acceptors (Lipinski definition) is 2. The summed E-state index contributed by atoms with van der Waals surface area (Å²) in [5, 5.41) is 3.15. The van der Waals surface area contributed by atoms with Gasteiger partial charge < -0.3 is 10.2 Å². The number of nitrogens with zero attached hydrogens (tertiary/aromatic N) is 1.